The van der Waals surface area contributed by atoms with Crippen LogP contribution in [-0.2, 0) is 6.42 Å². The quantitative estimate of drug-likeness (QED) is 0.717. The second-order valence-electron chi connectivity index (χ2n) is 2.68. The van der Waals surface area contributed by atoms with Crippen molar-refractivity contribution in [2.45, 2.75) is 19.3 Å². The fourth-order valence-corrected chi connectivity index (χ4v) is 1.16. The lowest BCUT2D eigenvalue weighted by Gasteiger charge is -1.98. The molecule has 0 aliphatic heterocycles. The van der Waals surface area contributed by atoms with E-state index < -0.39 is 0 Å². The first-order valence-electron chi connectivity index (χ1n) is 3.96. The first-order chi connectivity index (χ1) is 5.79. The third-order valence-corrected chi connectivity index (χ3v) is 1.82. The van der Waals surface area contributed by atoms with Crippen molar-refractivity contribution in [1.82, 2.24) is 4.98 Å². The van der Waals surface area contributed by atoms with Crippen LogP contribution in [-0.4, -0.2) is 9.97 Å². The number of aryl methyl sites for hydroxylation is 1. The molecule has 0 spiro atoms. The Morgan fingerprint density at radius 3 is 3.00 bits per heavy atom. The van der Waals surface area contributed by atoms with E-state index in [1.54, 1.807) is 6.20 Å². The fourth-order valence-electron chi connectivity index (χ4n) is 1.01. The van der Waals surface area contributed by atoms with Gasteiger partial charge in [0.15, 0.2) is 0 Å². The molecular weight excluding hydrogens is 168 g/mol. The van der Waals surface area contributed by atoms with Gasteiger partial charge in [-0.05, 0) is 30.9 Å². The van der Waals surface area contributed by atoms with Crippen LogP contribution in [0.4, 0.5) is 0 Å². The molecule has 64 valence electrons. The zero-order chi connectivity index (χ0) is 8.81. The zero-order valence-electron chi connectivity index (χ0n) is 6.86. The Labute approximate surface area is 77.8 Å². The summed E-state index contributed by atoms with van der Waals surface area (Å²) < 4.78 is 0. The second-order valence-corrected chi connectivity index (χ2v) is 3.21. The van der Waals surface area contributed by atoms with Crippen LogP contribution >= 0.6 is 12.2 Å². The average Bonchev–Trinajstić information content (AvgIpc) is 2.05. The van der Waals surface area contributed by atoms with E-state index in [9.17, 15) is 0 Å². The molecule has 0 atom stereocenters. The fraction of sp³-hybridized carbons (Fsp3) is 0.333. The molecule has 0 bridgehead atoms. The summed E-state index contributed by atoms with van der Waals surface area (Å²) in [5.41, 5.74) is 6.62. The number of rotatable bonds is 4. The summed E-state index contributed by atoms with van der Waals surface area (Å²) in [6, 6.07) is 4.00. The van der Waals surface area contributed by atoms with Gasteiger partial charge < -0.3 is 5.73 Å². The van der Waals surface area contributed by atoms with Crippen LogP contribution in [0.15, 0.2) is 24.5 Å². The molecule has 1 aromatic rings. The predicted molar refractivity (Wildman–Crippen MR) is 54.0 cm³/mol. The van der Waals surface area contributed by atoms with E-state index in [-0.39, 0.29) is 0 Å². The van der Waals surface area contributed by atoms with E-state index in [0.717, 1.165) is 19.3 Å². The molecule has 1 rings (SSSR count). The van der Waals surface area contributed by atoms with Crippen LogP contribution in [0.5, 0.6) is 0 Å². The number of aromatic nitrogens is 1. The van der Waals surface area contributed by atoms with Gasteiger partial charge in [0.25, 0.3) is 0 Å². The van der Waals surface area contributed by atoms with Crippen molar-refractivity contribution >= 4 is 17.2 Å². The molecule has 2 nitrogen and oxygen atoms in total. The first kappa shape index (κ1) is 9.13. The van der Waals surface area contributed by atoms with Gasteiger partial charge in [-0.15, -0.1) is 0 Å². The summed E-state index contributed by atoms with van der Waals surface area (Å²) in [6.07, 6.45) is 6.49. The lowest BCUT2D eigenvalue weighted by atomic mass is 10.1. The molecule has 0 saturated carbocycles. The molecule has 1 heterocycles. The molecule has 12 heavy (non-hydrogen) atoms. The van der Waals surface area contributed by atoms with Crippen LogP contribution < -0.4 is 5.73 Å². The molecule has 0 amide bonds. The Balaban J connectivity index is 2.29. The van der Waals surface area contributed by atoms with Gasteiger partial charge in [-0.25, -0.2) is 0 Å². The number of pyridine rings is 1. The summed E-state index contributed by atoms with van der Waals surface area (Å²) in [6.45, 7) is 0. The molecule has 0 fully saturated rings. The van der Waals surface area contributed by atoms with E-state index in [2.05, 4.69) is 11.1 Å². The van der Waals surface area contributed by atoms with Crippen molar-refractivity contribution in [2.75, 3.05) is 0 Å². The van der Waals surface area contributed by atoms with Crippen molar-refractivity contribution in [1.29, 1.82) is 0 Å². The standard InChI is InChI=1S/C9H12N2S/c10-9(12)5-1-3-8-4-2-6-11-7-8/h2,4,6-7H,1,3,5H2,(H2,10,12). The monoisotopic (exact) mass is 180 g/mol. The molecule has 0 radical (unpaired) electrons. The molecule has 3 heteroatoms. The van der Waals surface area contributed by atoms with Gasteiger partial charge in [0.05, 0.1) is 4.99 Å². The van der Waals surface area contributed by atoms with Crippen LogP contribution in [0.3, 0.4) is 0 Å². The Morgan fingerprint density at radius 1 is 1.58 bits per heavy atom. The van der Waals surface area contributed by atoms with Crippen LogP contribution in [0.2, 0.25) is 0 Å². The Kier molecular flexibility index (Phi) is 3.67. The smallest absolute Gasteiger partial charge is 0.0727 e. The Hall–Kier alpha value is -0.960. The average molecular weight is 180 g/mol. The largest absolute Gasteiger partial charge is 0.393 e. The highest BCUT2D eigenvalue weighted by molar-refractivity contribution is 7.80. The third-order valence-electron chi connectivity index (χ3n) is 1.61. The minimum absolute atomic E-state index is 0.596. The highest BCUT2D eigenvalue weighted by Gasteiger charge is 1.93. The maximum absolute atomic E-state index is 5.37. The number of nitrogens with two attached hydrogens (primary N) is 1. The highest BCUT2D eigenvalue weighted by Crippen LogP contribution is 2.02. The predicted octanol–water partition coefficient (Wildman–Crippen LogP) is 1.69. The molecule has 0 aliphatic carbocycles. The summed E-state index contributed by atoms with van der Waals surface area (Å²) >= 11 is 4.77. The van der Waals surface area contributed by atoms with E-state index in [4.69, 9.17) is 18.0 Å². The van der Waals surface area contributed by atoms with Crippen molar-refractivity contribution in [3.05, 3.63) is 30.1 Å². The first-order valence-corrected chi connectivity index (χ1v) is 4.37. The normalized spacial score (nSPS) is 9.67. The van der Waals surface area contributed by atoms with Gasteiger partial charge in [0.1, 0.15) is 0 Å². The maximum atomic E-state index is 5.37. The summed E-state index contributed by atoms with van der Waals surface area (Å²) in [5, 5.41) is 0. The lowest BCUT2D eigenvalue weighted by Crippen LogP contribution is -2.07. The van der Waals surface area contributed by atoms with Gasteiger partial charge in [-0.2, -0.15) is 0 Å². The number of thiocarbonyl (C=S) groups is 1. The van der Waals surface area contributed by atoms with Crippen LogP contribution in [0.1, 0.15) is 18.4 Å². The summed E-state index contributed by atoms with van der Waals surface area (Å²) in [7, 11) is 0. The molecular formula is C9H12N2S. The summed E-state index contributed by atoms with van der Waals surface area (Å²) in [4.78, 5) is 4.61. The van der Waals surface area contributed by atoms with E-state index in [1.807, 2.05) is 12.3 Å². The minimum Gasteiger partial charge on any atom is -0.393 e. The van der Waals surface area contributed by atoms with Crippen molar-refractivity contribution in [3.8, 4) is 0 Å². The second kappa shape index (κ2) is 4.83. The van der Waals surface area contributed by atoms with Crippen molar-refractivity contribution < 1.29 is 0 Å². The zero-order valence-corrected chi connectivity index (χ0v) is 7.68. The topological polar surface area (TPSA) is 38.9 Å². The van der Waals surface area contributed by atoms with Gasteiger partial charge in [-0.3, -0.25) is 4.98 Å². The Morgan fingerprint density at radius 2 is 2.42 bits per heavy atom. The maximum Gasteiger partial charge on any atom is 0.0727 e. The van der Waals surface area contributed by atoms with Crippen molar-refractivity contribution in [2.24, 2.45) is 5.73 Å². The van der Waals surface area contributed by atoms with Crippen molar-refractivity contribution in [3.63, 3.8) is 0 Å². The van der Waals surface area contributed by atoms with Gasteiger partial charge >= 0.3 is 0 Å². The lowest BCUT2D eigenvalue weighted by molar-refractivity contribution is 0.862. The molecule has 1 aromatic heterocycles. The van der Waals surface area contributed by atoms with Crippen LogP contribution in [0.25, 0.3) is 0 Å². The molecule has 0 aliphatic rings. The molecule has 2 N–H and O–H groups in total. The minimum atomic E-state index is 0.596. The third kappa shape index (κ3) is 3.44. The molecule has 0 unspecified atom stereocenters. The Bertz CT molecular complexity index is 246. The van der Waals surface area contributed by atoms with E-state index in [0.29, 0.717) is 4.99 Å². The summed E-state index contributed by atoms with van der Waals surface area (Å²) in [5.74, 6) is 0. The van der Waals surface area contributed by atoms with Crippen LogP contribution in [0, 0.1) is 0 Å². The van der Waals surface area contributed by atoms with Gasteiger partial charge in [0, 0.05) is 12.4 Å². The SMILES string of the molecule is NC(=S)CCCc1cccnc1. The highest BCUT2D eigenvalue weighted by atomic mass is 32.1. The number of nitrogens with zero attached hydrogens (tertiary/aromatic N) is 1. The number of hydrogen-bond donors (Lipinski definition) is 1. The van der Waals surface area contributed by atoms with E-state index >= 15 is 0 Å². The molecule has 0 aromatic carbocycles. The van der Waals surface area contributed by atoms with E-state index in [1.165, 1.54) is 5.56 Å². The van der Waals surface area contributed by atoms with Gasteiger partial charge in [-0.1, -0.05) is 18.3 Å². The number of hydrogen-bond acceptors (Lipinski definition) is 2. The van der Waals surface area contributed by atoms with Gasteiger partial charge in [0.2, 0.25) is 0 Å². The molecule has 0 saturated heterocycles.